The Kier molecular flexibility index (Phi) is 3.65. The van der Waals surface area contributed by atoms with Crippen molar-refractivity contribution in [2.45, 2.75) is 45.6 Å². The van der Waals surface area contributed by atoms with Gasteiger partial charge in [0.1, 0.15) is 5.82 Å². The van der Waals surface area contributed by atoms with Crippen molar-refractivity contribution in [1.82, 2.24) is 19.7 Å². The summed E-state index contributed by atoms with van der Waals surface area (Å²) in [7, 11) is 0. The molecule has 0 spiro atoms. The monoisotopic (exact) mass is 291 g/mol. The quantitative estimate of drug-likeness (QED) is 0.905. The average molecular weight is 291 g/mol. The molecule has 1 aromatic rings. The van der Waals surface area contributed by atoms with Crippen LogP contribution in [-0.2, 0) is 9.59 Å². The molecule has 2 amide bonds. The third kappa shape index (κ3) is 2.91. The van der Waals surface area contributed by atoms with Crippen LogP contribution in [0, 0.1) is 12.8 Å². The minimum Gasteiger partial charge on any atom is -0.342 e. The van der Waals surface area contributed by atoms with Crippen molar-refractivity contribution >= 4 is 17.8 Å². The van der Waals surface area contributed by atoms with Gasteiger partial charge in [-0.3, -0.25) is 19.5 Å². The van der Waals surface area contributed by atoms with Crippen molar-refractivity contribution in [1.29, 1.82) is 0 Å². The van der Waals surface area contributed by atoms with Crippen LogP contribution in [0.25, 0.3) is 0 Å². The first-order chi connectivity index (χ1) is 10.1. The Labute approximate surface area is 123 Å². The van der Waals surface area contributed by atoms with Gasteiger partial charge in [-0.25, -0.2) is 0 Å². The Morgan fingerprint density at radius 3 is 2.67 bits per heavy atom. The van der Waals surface area contributed by atoms with Crippen molar-refractivity contribution in [2.75, 3.05) is 18.4 Å². The second-order valence-electron chi connectivity index (χ2n) is 5.97. The molecule has 1 aromatic heterocycles. The molecule has 1 saturated heterocycles. The molecular weight excluding hydrogens is 270 g/mol. The van der Waals surface area contributed by atoms with E-state index in [9.17, 15) is 9.59 Å². The number of aromatic nitrogens is 3. The molecule has 2 heterocycles. The van der Waals surface area contributed by atoms with Gasteiger partial charge >= 0.3 is 0 Å². The number of rotatable bonds is 3. The lowest BCUT2D eigenvalue weighted by Gasteiger charge is -2.31. The van der Waals surface area contributed by atoms with E-state index in [0.717, 1.165) is 38.1 Å². The highest BCUT2D eigenvalue weighted by Gasteiger charge is 2.31. The zero-order valence-electron chi connectivity index (χ0n) is 12.5. The maximum absolute atomic E-state index is 12.4. The molecule has 3 rings (SSSR count). The number of aryl methyl sites for hydroxylation is 1. The molecule has 1 unspecified atom stereocenters. The molecule has 7 nitrogen and oxygen atoms in total. The largest absolute Gasteiger partial charge is 0.342 e. The van der Waals surface area contributed by atoms with E-state index in [1.54, 1.807) is 11.8 Å². The highest BCUT2D eigenvalue weighted by molar-refractivity contribution is 5.91. The van der Waals surface area contributed by atoms with Crippen molar-refractivity contribution in [3.8, 4) is 0 Å². The van der Waals surface area contributed by atoms with E-state index in [1.165, 1.54) is 0 Å². The summed E-state index contributed by atoms with van der Waals surface area (Å²) in [6.45, 7) is 4.70. The average Bonchev–Trinajstić information content (AvgIpc) is 3.24. The lowest BCUT2D eigenvalue weighted by molar-refractivity contribution is -0.132. The highest BCUT2D eigenvalue weighted by Crippen LogP contribution is 2.37. The first kappa shape index (κ1) is 14.0. The van der Waals surface area contributed by atoms with Gasteiger partial charge in [0.05, 0.1) is 5.92 Å². The summed E-state index contributed by atoms with van der Waals surface area (Å²) < 4.78 is 2.00. The zero-order valence-corrected chi connectivity index (χ0v) is 12.5. The van der Waals surface area contributed by atoms with Gasteiger partial charge in [-0.15, -0.1) is 10.2 Å². The normalized spacial score (nSPS) is 22.2. The second kappa shape index (κ2) is 5.46. The Hall–Kier alpha value is -1.92. The Bertz CT molecular complexity index is 564. The number of carbonyl (C=O) groups excluding carboxylic acids is 2. The number of anilines is 1. The number of nitrogens with zero attached hydrogens (tertiary/aromatic N) is 4. The number of hydrogen-bond acceptors (Lipinski definition) is 4. The Balaban J connectivity index is 1.67. The fourth-order valence-electron chi connectivity index (χ4n) is 2.91. The van der Waals surface area contributed by atoms with E-state index < -0.39 is 0 Å². The van der Waals surface area contributed by atoms with Gasteiger partial charge in [0.2, 0.25) is 17.8 Å². The lowest BCUT2D eigenvalue weighted by Crippen LogP contribution is -2.43. The lowest BCUT2D eigenvalue weighted by atomic mass is 9.97. The number of nitrogens with one attached hydrogen (secondary N) is 1. The smallest absolute Gasteiger partial charge is 0.231 e. The van der Waals surface area contributed by atoms with Crippen LogP contribution >= 0.6 is 0 Å². The van der Waals surface area contributed by atoms with Crippen molar-refractivity contribution in [3.05, 3.63) is 5.82 Å². The number of piperidine rings is 1. The fourth-order valence-corrected chi connectivity index (χ4v) is 2.91. The number of amides is 2. The van der Waals surface area contributed by atoms with Gasteiger partial charge in [0, 0.05) is 26.1 Å². The minimum atomic E-state index is -0.160. The van der Waals surface area contributed by atoms with Crippen LogP contribution in [0.4, 0.5) is 5.95 Å². The molecule has 114 valence electrons. The predicted octanol–water partition coefficient (Wildman–Crippen LogP) is 1.12. The summed E-state index contributed by atoms with van der Waals surface area (Å²) in [4.78, 5) is 25.6. The SMILES string of the molecule is CC(=O)N1CCCC(C(=O)Nc2nnc(C)n2C2CC2)C1. The predicted molar refractivity (Wildman–Crippen MR) is 76.6 cm³/mol. The summed E-state index contributed by atoms with van der Waals surface area (Å²) in [6, 6.07) is 0.426. The van der Waals surface area contributed by atoms with Crippen molar-refractivity contribution in [2.24, 2.45) is 5.92 Å². The molecule has 1 saturated carbocycles. The van der Waals surface area contributed by atoms with Crippen LogP contribution in [0.5, 0.6) is 0 Å². The molecule has 2 fully saturated rings. The molecule has 7 heteroatoms. The van der Waals surface area contributed by atoms with E-state index in [-0.39, 0.29) is 17.7 Å². The summed E-state index contributed by atoms with van der Waals surface area (Å²) in [6.07, 6.45) is 3.91. The van der Waals surface area contributed by atoms with Gasteiger partial charge in [-0.2, -0.15) is 0 Å². The molecule has 1 atom stereocenters. The topological polar surface area (TPSA) is 80.1 Å². The maximum Gasteiger partial charge on any atom is 0.231 e. The first-order valence-corrected chi connectivity index (χ1v) is 7.54. The molecule has 1 aliphatic heterocycles. The third-order valence-electron chi connectivity index (χ3n) is 4.25. The van der Waals surface area contributed by atoms with Crippen LogP contribution in [0.2, 0.25) is 0 Å². The standard InChI is InChI=1S/C14H21N5O2/c1-9-16-17-14(19(9)12-5-6-12)15-13(21)11-4-3-7-18(8-11)10(2)20/h11-12H,3-8H2,1-2H3,(H,15,17,21). The molecule has 0 bridgehead atoms. The van der Waals surface area contributed by atoms with E-state index >= 15 is 0 Å². The van der Waals surface area contributed by atoms with Gasteiger partial charge in [-0.1, -0.05) is 0 Å². The molecule has 21 heavy (non-hydrogen) atoms. The van der Waals surface area contributed by atoms with Crippen LogP contribution in [-0.4, -0.2) is 44.6 Å². The minimum absolute atomic E-state index is 0.0319. The van der Waals surface area contributed by atoms with Crippen LogP contribution in [0.15, 0.2) is 0 Å². The fraction of sp³-hybridized carbons (Fsp3) is 0.714. The van der Waals surface area contributed by atoms with E-state index in [4.69, 9.17) is 0 Å². The molecule has 2 aliphatic rings. The Morgan fingerprint density at radius 1 is 1.24 bits per heavy atom. The Morgan fingerprint density at radius 2 is 2.00 bits per heavy atom. The first-order valence-electron chi connectivity index (χ1n) is 7.54. The number of hydrogen-bond donors (Lipinski definition) is 1. The maximum atomic E-state index is 12.4. The van der Waals surface area contributed by atoms with Gasteiger partial charge in [-0.05, 0) is 32.6 Å². The summed E-state index contributed by atoms with van der Waals surface area (Å²) in [5, 5.41) is 11.0. The van der Waals surface area contributed by atoms with E-state index in [2.05, 4.69) is 15.5 Å². The summed E-state index contributed by atoms with van der Waals surface area (Å²) in [5.41, 5.74) is 0. The number of likely N-dealkylation sites (tertiary alicyclic amines) is 1. The summed E-state index contributed by atoms with van der Waals surface area (Å²) >= 11 is 0. The van der Waals surface area contributed by atoms with Crippen molar-refractivity contribution in [3.63, 3.8) is 0 Å². The van der Waals surface area contributed by atoms with Crippen LogP contribution in [0.1, 0.15) is 44.5 Å². The van der Waals surface area contributed by atoms with Gasteiger partial charge in [0.25, 0.3) is 0 Å². The van der Waals surface area contributed by atoms with Gasteiger partial charge in [0.15, 0.2) is 0 Å². The van der Waals surface area contributed by atoms with Crippen LogP contribution < -0.4 is 5.32 Å². The third-order valence-corrected chi connectivity index (χ3v) is 4.25. The molecular formula is C14H21N5O2. The molecule has 1 N–H and O–H groups in total. The highest BCUT2D eigenvalue weighted by atomic mass is 16.2. The molecule has 0 radical (unpaired) electrons. The second-order valence-corrected chi connectivity index (χ2v) is 5.97. The zero-order chi connectivity index (χ0) is 15.0. The molecule has 0 aromatic carbocycles. The summed E-state index contributed by atoms with van der Waals surface area (Å²) in [5.74, 6) is 1.19. The van der Waals surface area contributed by atoms with Crippen molar-refractivity contribution < 1.29 is 9.59 Å². The van der Waals surface area contributed by atoms with E-state index in [0.29, 0.717) is 18.5 Å². The van der Waals surface area contributed by atoms with E-state index in [1.807, 2.05) is 11.5 Å². The number of carbonyl (C=O) groups is 2. The molecule has 1 aliphatic carbocycles. The van der Waals surface area contributed by atoms with Gasteiger partial charge < -0.3 is 4.90 Å². The van der Waals surface area contributed by atoms with Crippen LogP contribution in [0.3, 0.4) is 0 Å².